The number of benzene rings is 1. The highest BCUT2D eigenvalue weighted by Crippen LogP contribution is 2.39. The molecule has 0 amide bonds. The summed E-state index contributed by atoms with van der Waals surface area (Å²) in [6.45, 7) is 0. The molecule has 0 spiro atoms. The van der Waals surface area contributed by atoms with E-state index in [1.54, 1.807) is 11.3 Å². The first-order valence-corrected chi connectivity index (χ1v) is 6.59. The molecule has 2 heteroatoms. The third-order valence-corrected chi connectivity index (χ3v) is 4.00. The van der Waals surface area contributed by atoms with Crippen LogP contribution in [0.5, 0.6) is 0 Å². The summed E-state index contributed by atoms with van der Waals surface area (Å²) < 4.78 is 0. The number of hydrogen-bond acceptors (Lipinski definition) is 2. The van der Waals surface area contributed by atoms with Crippen LogP contribution in [0.2, 0.25) is 0 Å². The Morgan fingerprint density at radius 2 is 2.06 bits per heavy atom. The molecule has 2 aromatic rings. The fourth-order valence-electron chi connectivity index (χ4n) is 2.43. The highest BCUT2D eigenvalue weighted by molar-refractivity contribution is 7.08. The van der Waals surface area contributed by atoms with Crippen molar-refractivity contribution in [2.24, 2.45) is 0 Å². The van der Waals surface area contributed by atoms with Crippen LogP contribution in [0.4, 0.5) is 0 Å². The van der Waals surface area contributed by atoms with Crippen LogP contribution in [0, 0.1) is 0 Å². The zero-order valence-corrected chi connectivity index (χ0v) is 10.1. The molecule has 0 radical (unpaired) electrons. The van der Waals surface area contributed by atoms with Gasteiger partial charge in [-0.3, -0.25) is 0 Å². The SMILES string of the molecule is O=C[C@H]1c2ccccc2C=C[C@@H]1c1ccsc1. The Labute approximate surface area is 104 Å². The van der Waals surface area contributed by atoms with Crippen molar-refractivity contribution in [1.82, 2.24) is 0 Å². The maximum atomic E-state index is 11.4. The van der Waals surface area contributed by atoms with E-state index in [2.05, 4.69) is 41.1 Å². The molecule has 84 valence electrons. The number of hydrogen-bond donors (Lipinski definition) is 0. The molecule has 1 aromatic heterocycles. The maximum absolute atomic E-state index is 11.4. The number of aldehydes is 1. The predicted molar refractivity (Wildman–Crippen MR) is 71.3 cm³/mol. The van der Waals surface area contributed by atoms with Gasteiger partial charge in [0.2, 0.25) is 0 Å². The van der Waals surface area contributed by atoms with Gasteiger partial charge in [-0.05, 0) is 33.5 Å². The average Bonchev–Trinajstić information content (AvgIpc) is 2.91. The molecular formula is C15H12OS. The third-order valence-electron chi connectivity index (χ3n) is 3.30. The molecule has 1 aromatic carbocycles. The minimum Gasteiger partial charge on any atom is -0.303 e. The summed E-state index contributed by atoms with van der Waals surface area (Å²) in [6, 6.07) is 10.2. The lowest BCUT2D eigenvalue weighted by Crippen LogP contribution is -2.14. The third kappa shape index (κ3) is 1.75. The average molecular weight is 240 g/mol. The quantitative estimate of drug-likeness (QED) is 0.729. The first-order chi connectivity index (χ1) is 8.40. The fourth-order valence-corrected chi connectivity index (χ4v) is 3.13. The van der Waals surface area contributed by atoms with Crippen molar-refractivity contribution in [2.45, 2.75) is 11.8 Å². The number of rotatable bonds is 2. The molecule has 0 aliphatic heterocycles. The highest BCUT2D eigenvalue weighted by Gasteiger charge is 2.26. The van der Waals surface area contributed by atoms with Crippen molar-refractivity contribution in [3.63, 3.8) is 0 Å². The van der Waals surface area contributed by atoms with Gasteiger partial charge in [0.25, 0.3) is 0 Å². The second-order valence-electron chi connectivity index (χ2n) is 4.23. The van der Waals surface area contributed by atoms with Crippen molar-refractivity contribution in [3.05, 3.63) is 63.9 Å². The number of carbonyl (C=O) groups is 1. The van der Waals surface area contributed by atoms with Gasteiger partial charge in [-0.2, -0.15) is 11.3 Å². The van der Waals surface area contributed by atoms with E-state index in [0.717, 1.165) is 17.4 Å². The molecule has 0 fully saturated rings. The molecule has 0 saturated carbocycles. The monoisotopic (exact) mass is 240 g/mol. The first kappa shape index (κ1) is 10.5. The van der Waals surface area contributed by atoms with E-state index in [0.29, 0.717) is 0 Å². The van der Waals surface area contributed by atoms with Gasteiger partial charge < -0.3 is 4.79 Å². The van der Waals surface area contributed by atoms with E-state index in [-0.39, 0.29) is 11.8 Å². The van der Waals surface area contributed by atoms with E-state index in [1.807, 2.05) is 12.1 Å². The van der Waals surface area contributed by atoms with E-state index in [4.69, 9.17) is 0 Å². The Morgan fingerprint density at radius 3 is 2.82 bits per heavy atom. The number of allylic oxidation sites excluding steroid dienone is 1. The topological polar surface area (TPSA) is 17.1 Å². The minimum absolute atomic E-state index is 0.0502. The van der Waals surface area contributed by atoms with Gasteiger partial charge >= 0.3 is 0 Å². The molecular weight excluding hydrogens is 228 g/mol. The van der Waals surface area contributed by atoms with Crippen LogP contribution in [0.15, 0.2) is 47.2 Å². The maximum Gasteiger partial charge on any atom is 0.128 e. The molecule has 1 aliphatic carbocycles. The molecule has 0 N–H and O–H groups in total. The number of thiophene rings is 1. The second kappa shape index (κ2) is 4.30. The van der Waals surface area contributed by atoms with E-state index in [1.165, 1.54) is 5.56 Å². The predicted octanol–water partition coefficient (Wildman–Crippen LogP) is 3.84. The summed E-state index contributed by atoms with van der Waals surface area (Å²) in [7, 11) is 0. The Morgan fingerprint density at radius 1 is 1.18 bits per heavy atom. The van der Waals surface area contributed by atoms with Crippen molar-refractivity contribution >= 4 is 23.7 Å². The Kier molecular flexibility index (Phi) is 2.65. The summed E-state index contributed by atoms with van der Waals surface area (Å²) in [5.74, 6) is 0.138. The Hall–Kier alpha value is -1.67. The van der Waals surface area contributed by atoms with Crippen LogP contribution < -0.4 is 0 Å². The summed E-state index contributed by atoms with van der Waals surface area (Å²) in [6.07, 6.45) is 5.34. The van der Waals surface area contributed by atoms with Gasteiger partial charge in [-0.25, -0.2) is 0 Å². The standard InChI is InChI=1S/C15H12OS/c16-9-15-13-4-2-1-3-11(13)5-6-14(15)12-7-8-17-10-12/h1-10,14-15H/t14-,15+/m1/s1. The van der Waals surface area contributed by atoms with Gasteiger partial charge in [0.1, 0.15) is 6.29 Å². The first-order valence-electron chi connectivity index (χ1n) is 5.64. The molecule has 0 saturated heterocycles. The number of fused-ring (bicyclic) bond motifs is 1. The smallest absolute Gasteiger partial charge is 0.128 e. The zero-order chi connectivity index (χ0) is 11.7. The molecule has 1 aliphatic rings. The minimum atomic E-state index is -0.0502. The lowest BCUT2D eigenvalue weighted by Gasteiger charge is -2.25. The van der Waals surface area contributed by atoms with E-state index in [9.17, 15) is 4.79 Å². The van der Waals surface area contributed by atoms with Crippen LogP contribution in [0.1, 0.15) is 28.5 Å². The van der Waals surface area contributed by atoms with Gasteiger partial charge in [-0.15, -0.1) is 0 Å². The summed E-state index contributed by atoms with van der Waals surface area (Å²) in [5.41, 5.74) is 3.54. The molecule has 1 nitrogen and oxygen atoms in total. The largest absolute Gasteiger partial charge is 0.303 e. The van der Waals surface area contributed by atoms with Crippen molar-refractivity contribution in [3.8, 4) is 0 Å². The van der Waals surface area contributed by atoms with Crippen molar-refractivity contribution in [1.29, 1.82) is 0 Å². The molecule has 0 bridgehead atoms. The highest BCUT2D eigenvalue weighted by atomic mass is 32.1. The Bertz CT molecular complexity index is 554. The van der Waals surface area contributed by atoms with E-state index < -0.39 is 0 Å². The second-order valence-corrected chi connectivity index (χ2v) is 5.01. The van der Waals surface area contributed by atoms with Crippen LogP contribution in [0.25, 0.3) is 6.08 Å². The van der Waals surface area contributed by atoms with Crippen LogP contribution in [-0.4, -0.2) is 6.29 Å². The lowest BCUT2D eigenvalue weighted by atomic mass is 9.77. The fraction of sp³-hybridized carbons (Fsp3) is 0.133. The molecule has 1 heterocycles. The van der Waals surface area contributed by atoms with Gasteiger partial charge in [0.15, 0.2) is 0 Å². The molecule has 2 atom stereocenters. The molecule has 17 heavy (non-hydrogen) atoms. The Balaban J connectivity index is 2.09. The van der Waals surface area contributed by atoms with Crippen LogP contribution in [0.3, 0.4) is 0 Å². The zero-order valence-electron chi connectivity index (χ0n) is 9.24. The molecule has 0 unspecified atom stereocenters. The lowest BCUT2D eigenvalue weighted by molar-refractivity contribution is -0.109. The van der Waals surface area contributed by atoms with E-state index >= 15 is 0 Å². The van der Waals surface area contributed by atoms with Gasteiger partial charge in [0, 0.05) is 5.92 Å². The summed E-state index contributed by atoms with van der Waals surface area (Å²) in [5, 5.41) is 4.19. The summed E-state index contributed by atoms with van der Waals surface area (Å²) >= 11 is 1.68. The van der Waals surface area contributed by atoms with Crippen LogP contribution in [-0.2, 0) is 4.79 Å². The van der Waals surface area contributed by atoms with Crippen molar-refractivity contribution in [2.75, 3.05) is 0 Å². The van der Waals surface area contributed by atoms with Gasteiger partial charge in [-0.1, -0.05) is 36.4 Å². The van der Waals surface area contributed by atoms with Crippen LogP contribution >= 0.6 is 11.3 Å². The number of carbonyl (C=O) groups excluding carboxylic acids is 1. The van der Waals surface area contributed by atoms with Gasteiger partial charge in [0.05, 0.1) is 5.92 Å². The molecule has 3 rings (SSSR count). The van der Waals surface area contributed by atoms with Crippen molar-refractivity contribution < 1.29 is 4.79 Å². The summed E-state index contributed by atoms with van der Waals surface area (Å²) in [4.78, 5) is 11.4. The normalized spacial score (nSPS) is 22.1.